The summed E-state index contributed by atoms with van der Waals surface area (Å²) >= 11 is 0. The average molecular weight is 1220 g/mol. The molecule has 5 heteroatoms. The molecule has 17 rings (SSSR count). The number of para-hydroxylation sites is 4. The molecular weight excluding hydrogens is 1150 g/mol. The number of nitrogens with zero attached hydrogens (tertiary/aromatic N) is 4. The summed E-state index contributed by atoms with van der Waals surface area (Å²) in [5.74, 6) is 0. The third kappa shape index (κ3) is 9.41. The molecule has 2 aromatic heterocycles. The highest BCUT2D eigenvalue weighted by Crippen LogP contribution is 2.56. The quantitative estimate of drug-likeness (QED) is 0.141. The first-order valence-electron chi connectivity index (χ1n) is 33.7. The molecule has 4 nitrogen and oxygen atoms in total. The largest absolute Gasteiger partial charge is 0.310 e. The molecule has 0 radical (unpaired) electrons. The van der Waals surface area contributed by atoms with Crippen LogP contribution in [0, 0.1) is 0 Å². The molecule has 0 bridgehead atoms. The van der Waals surface area contributed by atoms with Gasteiger partial charge in [0.2, 0.25) is 0 Å². The first-order valence-corrected chi connectivity index (χ1v) is 33.7. The van der Waals surface area contributed by atoms with Crippen molar-refractivity contribution in [3.8, 4) is 55.9 Å². The first kappa shape index (κ1) is 58.0. The Morgan fingerprint density at radius 2 is 0.516 bits per heavy atom. The lowest BCUT2D eigenvalue weighted by atomic mass is 9.33. The van der Waals surface area contributed by atoms with Gasteiger partial charge in [-0.1, -0.05) is 269 Å². The van der Waals surface area contributed by atoms with E-state index in [0.29, 0.717) is 0 Å². The van der Waals surface area contributed by atoms with Crippen molar-refractivity contribution in [3.63, 3.8) is 0 Å². The number of anilines is 6. The highest BCUT2D eigenvalue weighted by molar-refractivity contribution is 7.00. The van der Waals surface area contributed by atoms with Crippen molar-refractivity contribution in [1.29, 1.82) is 0 Å². The van der Waals surface area contributed by atoms with Gasteiger partial charge in [0, 0.05) is 77.9 Å². The van der Waals surface area contributed by atoms with Crippen LogP contribution in [-0.4, -0.2) is 15.8 Å². The maximum Gasteiger partial charge on any atom is 0.252 e. The summed E-state index contributed by atoms with van der Waals surface area (Å²) in [6, 6.07) is 111. The Bertz CT molecular complexity index is 4980. The van der Waals surface area contributed by atoms with Gasteiger partial charge >= 0.3 is 0 Å². The minimum atomic E-state index is -0.310. The monoisotopic (exact) mass is 1220 g/mol. The summed E-state index contributed by atoms with van der Waals surface area (Å²) < 4.78 is 5.00. The van der Waals surface area contributed by atoms with Crippen molar-refractivity contribution < 1.29 is 0 Å². The molecule has 0 N–H and O–H groups in total. The molecule has 0 atom stereocenters. The normalized spacial score (nSPS) is 13.0. The van der Waals surface area contributed by atoms with Gasteiger partial charge in [0.15, 0.2) is 0 Å². The zero-order chi connectivity index (χ0) is 64.6. The van der Waals surface area contributed by atoms with Crippen LogP contribution >= 0.6 is 0 Å². The van der Waals surface area contributed by atoms with Crippen molar-refractivity contribution in [2.24, 2.45) is 0 Å². The predicted molar refractivity (Wildman–Crippen MR) is 407 cm³/mol. The van der Waals surface area contributed by atoms with Crippen LogP contribution in [0.15, 0.2) is 291 Å². The molecule has 95 heavy (non-hydrogen) atoms. The fraction of sp³-hybridized carbons (Fsp3) is 0.133. The number of hydrogen-bond acceptors (Lipinski definition) is 2. The van der Waals surface area contributed by atoms with Crippen LogP contribution in [0.3, 0.4) is 0 Å². The van der Waals surface area contributed by atoms with E-state index in [0.717, 1.165) is 67.8 Å². The van der Waals surface area contributed by atoms with Gasteiger partial charge in [-0.25, -0.2) is 0 Å². The molecule has 0 saturated carbocycles. The summed E-state index contributed by atoms with van der Waals surface area (Å²) in [6.45, 7) is 21.1. The van der Waals surface area contributed by atoms with Crippen LogP contribution in [0.25, 0.3) is 99.5 Å². The molecule has 0 fully saturated rings. The van der Waals surface area contributed by atoms with Crippen molar-refractivity contribution >= 4 is 101 Å². The summed E-state index contributed by atoms with van der Waals surface area (Å²) in [5, 5.41) is 4.94. The third-order valence-electron chi connectivity index (χ3n) is 20.3. The van der Waals surface area contributed by atoms with E-state index in [1.807, 2.05) is 0 Å². The highest BCUT2D eigenvalue weighted by atomic mass is 15.2. The fourth-order valence-corrected chi connectivity index (χ4v) is 15.5. The van der Waals surface area contributed by atoms with Crippen LogP contribution in [0.2, 0.25) is 0 Å². The number of benzene rings is 13. The van der Waals surface area contributed by atoms with Gasteiger partial charge in [-0.2, -0.15) is 0 Å². The van der Waals surface area contributed by atoms with Crippen molar-refractivity contribution in [2.45, 2.75) is 78.6 Å². The molecule has 4 heterocycles. The van der Waals surface area contributed by atoms with Gasteiger partial charge < -0.3 is 18.9 Å². The molecule has 0 aliphatic carbocycles. The molecule has 0 amide bonds. The van der Waals surface area contributed by atoms with E-state index in [4.69, 9.17) is 0 Å². The molecule has 2 aliphatic heterocycles. The van der Waals surface area contributed by atoms with E-state index in [-0.39, 0.29) is 23.0 Å². The van der Waals surface area contributed by atoms with E-state index in [1.54, 1.807) is 0 Å². The number of rotatable bonds is 8. The maximum absolute atomic E-state index is 2.73. The van der Waals surface area contributed by atoms with Gasteiger partial charge in [0.25, 0.3) is 6.71 Å². The maximum atomic E-state index is 2.73. The molecular formula is C90H75BN4. The smallest absolute Gasteiger partial charge is 0.252 e. The Hall–Kier alpha value is -10.9. The number of aromatic nitrogens is 2. The minimum Gasteiger partial charge on any atom is -0.310 e. The molecule has 0 unspecified atom stereocenters. The van der Waals surface area contributed by atoms with Crippen molar-refractivity contribution in [1.82, 2.24) is 9.13 Å². The van der Waals surface area contributed by atoms with E-state index in [2.05, 4.69) is 372 Å². The first-order chi connectivity index (χ1) is 46.1. The topological polar surface area (TPSA) is 16.3 Å². The van der Waals surface area contributed by atoms with Crippen LogP contribution in [0.4, 0.5) is 34.1 Å². The second kappa shape index (κ2) is 21.9. The molecule has 0 saturated heterocycles. The molecule has 458 valence electrons. The zero-order valence-corrected chi connectivity index (χ0v) is 55.6. The summed E-state index contributed by atoms with van der Waals surface area (Å²) in [4.78, 5) is 5.45. The SMILES string of the molecule is CC(C)(C)c1cc(-c2ccccc2)c(N2c3cc(-n4c5ccccc5c5ccccc54)ccc3B3c4ccc(-n5c6ccccc6c6ccccc65)cc4N(c4c(-c5ccccc5)cc(C(C)(C)C)cc4-c4ccccc4)c4cc(C(C)(C)C)cc2c43)c(-c2ccccc2)c1. The van der Waals surface area contributed by atoms with Gasteiger partial charge in [-0.3, -0.25) is 0 Å². The van der Waals surface area contributed by atoms with Crippen LogP contribution in [-0.2, 0) is 16.2 Å². The molecule has 0 spiro atoms. The van der Waals surface area contributed by atoms with Crippen molar-refractivity contribution in [2.75, 3.05) is 9.80 Å². The number of hydrogen-bond donors (Lipinski definition) is 0. The molecule has 2 aliphatic rings. The van der Waals surface area contributed by atoms with Gasteiger partial charge in [0.1, 0.15) is 0 Å². The van der Waals surface area contributed by atoms with Crippen LogP contribution < -0.4 is 26.2 Å². The lowest BCUT2D eigenvalue weighted by molar-refractivity contribution is 0.590. The minimum absolute atomic E-state index is 0.177. The Balaban J connectivity index is 1.07. The summed E-state index contributed by atoms with van der Waals surface area (Å²) in [7, 11) is 0. The van der Waals surface area contributed by atoms with Crippen molar-refractivity contribution in [3.05, 3.63) is 308 Å². The molecule has 13 aromatic carbocycles. The zero-order valence-electron chi connectivity index (χ0n) is 55.6. The third-order valence-corrected chi connectivity index (χ3v) is 20.3. The summed E-state index contributed by atoms with van der Waals surface area (Å²) in [5.41, 5.74) is 30.1. The fourth-order valence-electron chi connectivity index (χ4n) is 15.5. The van der Waals surface area contributed by atoms with Gasteiger partial charge in [-0.05, 0) is 157 Å². The van der Waals surface area contributed by atoms with E-state index < -0.39 is 0 Å². The lowest BCUT2D eigenvalue weighted by Gasteiger charge is -2.47. The van der Waals surface area contributed by atoms with E-state index in [1.165, 1.54) is 98.9 Å². The van der Waals surface area contributed by atoms with E-state index >= 15 is 0 Å². The van der Waals surface area contributed by atoms with Gasteiger partial charge in [-0.15, -0.1) is 0 Å². The van der Waals surface area contributed by atoms with Crippen LogP contribution in [0.1, 0.15) is 79.0 Å². The number of fused-ring (bicyclic) bond motifs is 10. The Kier molecular flexibility index (Phi) is 13.3. The van der Waals surface area contributed by atoms with Crippen LogP contribution in [0.5, 0.6) is 0 Å². The second-order valence-electron chi connectivity index (χ2n) is 29.3. The highest BCUT2D eigenvalue weighted by Gasteiger charge is 2.47. The van der Waals surface area contributed by atoms with E-state index in [9.17, 15) is 0 Å². The lowest BCUT2D eigenvalue weighted by Crippen LogP contribution is -2.61. The Labute approximate surface area is 558 Å². The standard InChI is InChI=1S/C90H75BN4/c1-88(2,3)62-50-71(58-30-14-10-15-31-58)86(72(51-62)59-32-16-11-17-33-59)94-81-56-65(92-77-42-26-22-38-67(77)68-39-23-27-43-78(68)92)46-48-75(81)91-76-49-47-66(93-79-44-28-24-40-69(79)70-41-25-29-45-80(70)93)57-82(76)95(84-55-64(90(7,8)9)54-83(94)85(84)91)87-73(60-34-18-12-19-35-60)52-63(89(4,5)6)53-74(87)61-36-20-13-21-37-61/h10-57H,1-9H3. The molecule has 15 aromatic rings. The summed E-state index contributed by atoms with van der Waals surface area (Å²) in [6.07, 6.45) is 0. The average Bonchev–Trinajstić information content (AvgIpc) is 1.11. The Morgan fingerprint density at radius 1 is 0.253 bits per heavy atom. The van der Waals surface area contributed by atoms with Gasteiger partial charge in [0.05, 0.1) is 33.4 Å². The predicted octanol–water partition coefficient (Wildman–Crippen LogP) is 22.5. The second-order valence-corrected chi connectivity index (χ2v) is 29.3. The Morgan fingerprint density at radius 3 is 0.800 bits per heavy atom.